The SMILES string of the molecule is COc1cccc2c(NCCc3cscn3)nccc12. The highest BCUT2D eigenvalue weighted by Crippen LogP contribution is 2.28. The van der Waals surface area contributed by atoms with Crippen LogP contribution < -0.4 is 10.1 Å². The van der Waals surface area contributed by atoms with E-state index in [9.17, 15) is 0 Å². The predicted octanol–water partition coefficient (Wildman–Crippen LogP) is 3.35. The van der Waals surface area contributed by atoms with E-state index < -0.39 is 0 Å². The topological polar surface area (TPSA) is 47.0 Å². The molecule has 0 amide bonds. The summed E-state index contributed by atoms with van der Waals surface area (Å²) in [4.78, 5) is 8.69. The summed E-state index contributed by atoms with van der Waals surface area (Å²) < 4.78 is 5.38. The lowest BCUT2D eigenvalue weighted by Gasteiger charge is -2.10. The first-order valence-corrected chi connectivity index (χ1v) is 7.35. The van der Waals surface area contributed by atoms with Crippen LogP contribution in [0.2, 0.25) is 0 Å². The fourth-order valence-corrected chi connectivity index (χ4v) is 2.76. The van der Waals surface area contributed by atoms with Crippen molar-refractivity contribution in [2.75, 3.05) is 19.0 Å². The molecule has 0 aliphatic heterocycles. The molecule has 2 heterocycles. The highest BCUT2D eigenvalue weighted by molar-refractivity contribution is 7.07. The molecule has 4 nitrogen and oxygen atoms in total. The number of hydrogen-bond acceptors (Lipinski definition) is 5. The van der Waals surface area contributed by atoms with Crippen LogP contribution in [0.5, 0.6) is 5.75 Å². The molecular weight excluding hydrogens is 270 g/mol. The lowest BCUT2D eigenvalue weighted by atomic mass is 10.1. The van der Waals surface area contributed by atoms with Crippen LogP contribution in [-0.4, -0.2) is 23.6 Å². The summed E-state index contributed by atoms with van der Waals surface area (Å²) in [5.74, 6) is 1.75. The number of fused-ring (bicyclic) bond motifs is 1. The van der Waals surface area contributed by atoms with Gasteiger partial charge in [0.1, 0.15) is 11.6 Å². The minimum absolute atomic E-state index is 0.813. The maximum Gasteiger partial charge on any atom is 0.133 e. The van der Waals surface area contributed by atoms with Crippen LogP contribution in [0.15, 0.2) is 41.4 Å². The minimum atomic E-state index is 0.813. The third-order valence-corrected chi connectivity index (χ3v) is 3.78. The van der Waals surface area contributed by atoms with Crippen LogP contribution in [-0.2, 0) is 6.42 Å². The normalized spacial score (nSPS) is 10.7. The van der Waals surface area contributed by atoms with E-state index in [1.54, 1.807) is 24.6 Å². The van der Waals surface area contributed by atoms with Crippen molar-refractivity contribution in [3.8, 4) is 5.75 Å². The average Bonchev–Trinajstić information content (AvgIpc) is 3.00. The Morgan fingerprint density at radius 2 is 2.15 bits per heavy atom. The zero-order valence-electron chi connectivity index (χ0n) is 11.2. The van der Waals surface area contributed by atoms with Crippen molar-refractivity contribution < 1.29 is 4.74 Å². The zero-order valence-corrected chi connectivity index (χ0v) is 12.0. The first-order chi connectivity index (χ1) is 9.88. The number of aromatic nitrogens is 2. The van der Waals surface area contributed by atoms with Crippen molar-refractivity contribution in [2.45, 2.75) is 6.42 Å². The second-order valence-electron chi connectivity index (χ2n) is 4.37. The van der Waals surface area contributed by atoms with Crippen molar-refractivity contribution >= 4 is 27.9 Å². The second kappa shape index (κ2) is 5.88. The van der Waals surface area contributed by atoms with E-state index in [0.29, 0.717) is 0 Å². The van der Waals surface area contributed by atoms with Gasteiger partial charge in [0.25, 0.3) is 0 Å². The smallest absolute Gasteiger partial charge is 0.133 e. The number of thiazole rings is 1. The molecule has 1 N–H and O–H groups in total. The Morgan fingerprint density at radius 1 is 1.20 bits per heavy atom. The number of rotatable bonds is 5. The molecule has 2 aromatic heterocycles. The van der Waals surface area contributed by atoms with E-state index in [2.05, 4.69) is 26.7 Å². The number of pyridine rings is 1. The highest BCUT2D eigenvalue weighted by atomic mass is 32.1. The minimum Gasteiger partial charge on any atom is -0.496 e. The van der Waals surface area contributed by atoms with Crippen LogP contribution in [0.25, 0.3) is 10.8 Å². The summed E-state index contributed by atoms with van der Waals surface area (Å²) in [6.45, 7) is 0.813. The molecule has 0 radical (unpaired) electrons. The Morgan fingerprint density at radius 3 is 2.95 bits per heavy atom. The first-order valence-electron chi connectivity index (χ1n) is 6.41. The molecule has 0 fully saturated rings. The predicted molar refractivity (Wildman–Crippen MR) is 82.6 cm³/mol. The van der Waals surface area contributed by atoms with Crippen molar-refractivity contribution in [3.63, 3.8) is 0 Å². The average molecular weight is 285 g/mol. The van der Waals surface area contributed by atoms with Crippen LogP contribution in [0.4, 0.5) is 5.82 Å². The van der Waals surface area contributed by atoms with Gasteiger partial charge in [-0.1, -0.05) is 12.1 Å². The molecule has 0 bridgehead atoms. The number of nitrogens with zero attached hydrogens (tertiary/aromatic N) is 2. The lowest BCUT2D eigenvalue weighted by Crippen LogP contribution is -2.06. The summed E-state index contributed by atoms with van der Waals surface area (Å²) in [5.41, 5.74) is 2.97. The fraction of sp³-hybridized carbons (Fsp3) is 0.200. The molecule has 0 atom stereocenters. The van der Waals surface area contributed by atoms with E-state index in [4.69, 9.17) is 4.74 Å². The molecule has 0 saturated heterocycles. The fourth-order valence-electron chi connectivity index (χ4n) is 2.17. The molecule has 0 unspecified atom stereocenters. The summed E-state index contributed by atoms with van der Waals surface area (Å²) >= 11 is 1.62. The number of hydrogen-bond donors (Lipinski definition) is 1. The van der Waals surface area contributed by atoms with E-state index in [-0.39, 0.29) is 0 Å². The summed E-state index contributed by atoms with van der Waals surface area (Å²) in [7, 11) is 1.69. The Bertz CT molecular complexity index is 697. The van der Waals surface area contributed by atoms with E-state index in [0.717, 1.165) is 41.0 Å². The van der Waals surface area contributed by atoms with Gasteiger partial charge in [-0.25, -0.2) is 9.97 Å². The third kappa shape index (κ3) is 2.58. The van der Waals surface area contributed by atoms with Gasteiger partial charge in [0, 0.05) is 35.3 Å². The van der Waals surface area contributed by atoms with Crippen molar-refractivity contribution in [3.05, 3.63) is 47.0 Å². The van der Waals surface area contributed by atoms with Gasteiger partial charge in [-0.05, 0) is 12.1 Å². The van der Waals surface area contributed by atoms with Gasteiger partial charge in [-0.2, -0.15) is 0 Å². The van der Waals surface area contributed by atoms with Gasteiger partial charge in [0.05, 0.1) is 18.3 Å². The van der Waals surface area contributed by atoms with Crippen molar-refractivity contribution in [1.82, 2.24) is 9.97 Å². The van der Waals surface area contributed by atoms with Gasteiger partial charge in [-0.15, -0.1) is 11.3 Å². The second-order valence-corrected chi connectivity index (χ2v) is 5.09. The molecule has 0 spiro atoms. The molecule has 3 rings (SSSR count). The molecule has 0 aliphatic carbocycles. The maximum atomic E-state index is 5.38. The first kappa shape index (κ1) is 12.9. The van der Waals surface area contributed by atoms with Crippen LogP contribution in [0, 0.1) is 0 Å². The number of anilines is 1. The largest absolute Gasteiger partial charge is 0.496 e. The number of nitrogens with one attached hydrogen (secondary N) is 1. The molecule has 0 aliphatic rings. The van der Waals surface area contributed by atoms with Gasteiger partial charge < -0.3 is 10.1 Å². The zero-order chi connectivity index (χ0) is 13.8. The molecule has 3 aromatic rings. The van der Waals surface area contributed by atoms with Gasteiger partial charge in [0.15, 0.2) is 0 Å². The molecule has 0 saturated carbocycles. The lowest BCUT2D eigenvalue weighted by molar-refractivity contribution is 0.420. The third-order valence-electron chi connectivity index (χ3n) is 3.14. The molecule has 20 heavy (non-hydrogen) atoms. The quantitative estimate of drug-likeness (QED) is 0.781. The van der Waals surface area contributed by atoms with Gasteiger partial charge in [0.2, 0.25) is 0 Å². The Hall–Kier alpha value is -2.14. The standard InChI is InChI=1S/C15H15N3OS/c1-19-14-4-2-3-13-12(14)6-8-17-15(13)16-7-5-11-9-20-10-18-11/h2-4,6,8-10H,5,7H2,1H3,(H,16,17). The summed E-state index contributed by atoms with van der Waals surface area (Å²) in [6, 6.07) is 7.96. The summed E-state index contributed by atoms with van der Waals surface area (Å²) in [6.07, 6.45) is 2.70. The van der Waals surface area contributed by atoms with Crippen LogP contribution in [0.1, 0.15) is 5.69 Å². The molecule has 5 heteroatoms. The molecular formula is C15H15N3OS. The van der Waals surface area contributed by atoms with Crippen LogP contribution >= 0.6 is 11.3 Å². The maximum absolute atomic E-state index is 5.38. The summed E-state index contributed by atoms with van der Waals surface area (Å²) in [5, 5.41) is 7.59. The monoisotopic (exact) mass is 285 g/mol. The van der Waals surface area contributed by atoms with Gasteiger partial charge in [-0.3, -0.25) is 0 Å². The van der Waals surface area contributed by atoms with E-state index in [1.807, 2.05) is 23.7 Å². The van der Waals surface area contributed by atoms with Crippen LogP contribution in [0.3, 0.4) is 0 Å². The Kier molecular flexibility index (Phi) is 3.78. The molecule has 102 valence electrons. The number of methoxy groups -OCH3 is 1. The number of benzene rings is 1. The van der Waals surface area contributed by atoms with E-state index >= 15 is 0 Å². The van der Waals surface area contributed by atoms with Crippen molar-refractivity contribution in [1.29, 1.82) is 0 Å². The van der Waals surface area contributed by atoms with Crippen molar-refractivity contribution in [2.24, 2.45) is 0 Å². The Labute approximate surface area is 121 Å². The van der Waals surface area contributed by atoms with Gasteiger partial charge >= 0.3 is 0 Å². The Balaban J connectivity index is 1.81. The highest BCUT2D eigenvalue weighted by Gasteiger charge is 2.06. The molecule has 1 aromatic carbocycles. The number of ether oxygens (including phenoxy) is 1. The van der Waals surface area contributed by atoms with E-state index in [1.165, 1.54) is 0 Å².